The van der Waals surface area contributed by atoms with Gasteiger partial charge in [0, 0.05) is 31.4 Å². The van der Waals surface area contributed by atoms with Gasteiger partial charge < -0.3 is 15.5 Å². The molecule has 2 N–H and O–H groups in total. The van der Waals surface area contributed by atoms with Crippen LogP contribution in [0.1, 0.15) is 64.5 Å². The predicted octanol–water partition coefficient (Wildman–Crippen LogP) is 5.83. The van der Waals surface area contributed by atoms with E-state index < -0.39 is 0 Å². The highest BCUT2D eigenvalue weighted by Gasteiger charge is 2.29. The molecule has 0 radical (unpaired) electrons. The summed E-state index contributed by atoms with van der Waals surface area (Å²) >= 11 is 0. The topological polar surface area (TPSA) is 49.6 Å². The van der Waals surface area contributed by atoms with E-state index in [1.54, 1.807) is 0 Å². The molecular weight excluding hydrogens is 437 g/mol. The van der Waals surface area contributed by atoms with Crippen molar-refractivity contribution in [3.8, 4) is 0 Å². The van der Waals surface area contributed by atoms with Gasteiger partial charge in [0.15, 0.2) is 0 Å². The van der Waals surface area contributed by atoms with Gasteiger partial charge in [-0.2, -0.15) is 0 Å². The number of hydrogen-bond acceptors (Lipinski definition) is 3. The Morgan fingerprint density at radius 1 is 0.943 bits per heavy atom. The minimum Gasteiger partial charge on any atom is -0.368 e. The number of aryl methyl sites for hydroxylation is 2. The summed E-state index contributed by atoms with van der Waals surface area (Å²) in [5.74, 6) is 0.990. The zero-order valence-corrected chi connectivity index (χ0v) is 22.1. The lowest BCUT2D eigenvalue weighted by molar-refractivity contribution is -0.134. The molecule has 1 aliphatic heterocycles. The number of nitrogens with zero attached hydrogens (tertiary/aromatic N) is 2. The number of anilines is 1. The first-order chi connectivity index (χ1) is 16.7. The molecular formula is C30H44FN3O. The fourth-order valence-electron chi connectivity index (χ4n) is 4.95. The van der Waals surface area contributed by atoms with Crippen LogP contribution in [0.3, 0.4) is 0 Å². The lowest BCUT2D eigenvalue weighted by Crippen LogP contribution is -2.51. The standard InChI is InChI=1S/C30H44FN3O/c1-22(2)15-20-34(28-16-18-33(19-17-28)30(35)29(32)21-23(3)4)27-13-9-25(10-14-27)6-5-24-7-11-26(31)12-8-24/h7-14,22-23,28-29H,5-6,15-21,32H2,1-4H3/t29-/m1/s1. The second kappa shape index (κ2) is 13.1. The molecule has 35 heavy (non-hydrogen) atoms. The first-order valence-electron chi connectivity index (χ1n) is 13.4. The van der Waals surface area contributed by atoms with Crippen LogP contribution in [0, 0.1) is 17.7 Å². The molecule has 0 saturated carbocycles. The van der Waals surface area contributed by atoms with Gasteiger partial charge in [0.25, 0.3) is 0 Å². The van der Waals surface area contributed by atoms with Gasteiger partial charge in [0.1, 0.15) is 5.82 Å². The normalized spacial score (nSPS) is 15.6. The van der Waals surface area contributed by atoms with Gasteiger partial charge in [0.2, 0.25) is 5.91 Å². The number of hydrogen-bond donors (Lipinski definition) is 1. The largest absolute Gasteiger partial charge is 0.368 e. The molecule has 0 unspecified atom stereocenters. The molecule has 1 saturated heterocycles. The number of likely N-dealkylation sites (tertiary alicyclic amines) is 1. The van der Waals surface area contributed by atoms with Crippen molar-refractivity contribution in [2.45, 2.75) is 78.3 Å². The zero-order valence-electron chi connectivity index (χ0n) is 22.1. The smallest absolute Gasteiger partial charge is 0.239 e. The number of halogens is 1. The van der Waals surface area contributed by atoms with Crippen molar-refractivity contribution in [1.29, 1.82) is 0 Å². The van der Waals surface area contributed by atoms with Gasteiger partial charge in [-0.05, 0) is 85.8 Å². The van der Waals surface area contributed by atoms with E-state index >= 15 is 0 Å². The van der Waals surface area contributed by atoms with Crippen molar-refractivity contribution in [1.82, 2.24) is 4.90 Å². The van der Waals surface area contributed by atoms with Crippen LogP contribution in [0.5, 0.6) is 0 Å². The van der Waals surface area contributed by atoms with Crippen molar-refractivity contribution in [2.75, 3.05) is 24.5 Å². The Balaban J connectivity index is 1.61. The molecule has 0 spiro atoms. The number of piperidine rings is 1. The highest BCUT2D eigenvalue weighted by molar-refractivity contribution is 5.81. The molecule has 1 amide bonds. The SMILES string of the molecule is CC(C)CCN(c1ccc(CCc2ccc(F)cc2)cc1)C1CCN(C(=O)[C@H](N)CC(C)C)CC1. The maximum atomic E-state index is 13.1. The molecule has 1 heterocycles. The first-order valence-corrected chi connectivity index (χ1v) is 13.4. The van der Waals surface area contributed by atoms with E-state index in [0.717, 1.165) is 63.7 Å². The molecule has 1 atom stereocenters. The van der Waals surface area contributed by atoms with Crippen LogP contribution in [0.2, 0.25) is 0 Å². The monoisotopic (exact) mass is 481 g/mol. The van der Waals surface area contributed by atoms with E-state index in [1.165, 1.54) is 23.4 Å². The Kier molecular flexibility index (Phi) is 10.1. The Morgan fingerprint density at radius 3 is 2.00 bits per heavy atom. The Hall–Kier alpha value is -2.40. The third-order valence-corrected chi connectivity index (χ3v) is 7.09. The Labute approximate surface area is 211 Å². The van der Waals surface area contributed by atoms with Crippen molar-refractivity contribution in [2.24, 2.45) is 17.6 Å². The average molecular weight is 482 g/mol. The molecule has 3 rings (SSSR count). The molecule has 0 bridgehead atoms. The fourth-order valence-corrected chi connectivity index (χ4v) is 4.95. The van der Waals surface area contributed by atoms with E-state index in [-0.39, 0.29) is 17.8 Å². The van der Waals surface area contributed by atoms with Gasteiger partial charge in [-0.3, -0.25) is 4.79 Å². The van der Waals surface area contributed by atoms with E-state index in [4.69, 9.17) is 5.73 Å². The van der Waals surface area contributed by atoms with Crippen molar-refractivity contribution in [3.05, 3.63) is 65.5 Å². The van der Waals surface area contributed by atoms with Crippen molar-refractivity contribution < 1.29 is 9.18 Å². The maximum Gasteiger partial charge on any atom is 0.239 e. The summed E-state index contributed by atoms with van der Waals surface area (Å²) in [5.41, 5.74) is 9.89. The van der Waals surface area contributed by atoms with Gasteiger partial charge >= 0.3 is 0 Å². The summed E-state index contributed by atoms with van der Waals surface area (Å²) in [6.45, 7) is 11.4. The summed E-state index contributed by atoms with van der Waals surface area (Å²) in [4.78, 5) is 17.3. The van der Waals surface area contributed by atoms with E-state index in [0.29, 0.717) is 17.9 Å². The summed E-state index contributed by atoms with van der Waals surface area (Å²) < 4.78 is 13.1. The van der Waals surface area contributed by atoms with Crippen LogP contribution >= 0.6 is 0 Å². The number of rotatable bonds is 11. The van der Waals surface area contributed by atoms with Crippen molar-refractivity contribution >= 4 is 11.6 Å². The quantitative estimate of drug-likeness (QED) is 0.439. The summed E-state index contributed by atoms with van der Waals surface area (Å²) in [7, 11) is 0. The molecule has 5 heteroatoms. The highest BCUT2D eigenvalue weighted by atomic mass is 19.1. The lowest BCUT2D eigenvalue weighted by Gasteiger charge is -2.41. The molecule has 1 aliphatic rings. The van der Waals surface area contributed by atoms with E-state index in [1.807, 2.05) is 17.0 Å². The molecule has 1 fully saturated rings. The third kappa shape index (κ3) is 8.34. The Morgan fingerprint density at radius 2 is 1.49 bits per heavy atom. The van der Waals surface area contributed by atoms with Crippen LogP contribution in [-0.2, 0) is 17.6 Å². The Bertz CT molecular complexity index is 902. The van der Waals surface area contributed by atoms with E-state index in [2.05, 4.69) is 56.9 Å². The third-order valence-electron chi connectivity index (χ3n) is 7.09. The number of carbonyl (C=O) groups excluding carboxylic acids is 1. The van der Waals surface area contributed by atoms with Crippen molar-refractivity contribution in [3.63, 3.8) is 0 Å². The second-order valence-corrected chi connectivity index (χ2v) is 11.0. The summed E-state index contributed by atoms with van der Waals surface area (Å²) in [5, 5.41) is 0. The van der Waals surface area contributed by atoms with Gasteiger partial charge in [-0.25, -0.2) is 4.39 Å². The lowest BCUT2D eigenvalue weighted by atomic mass is 9.98. The van der Waals surface area contributed by atoms with Gasteiger partial charge in [-0.1, -0.05) is 52.0 Å². The van der Waals surface area contributed by atoms with Gasteiger partial charge in [0.05, 0.1) is 6.04 Å². The van der Waals surface area contributed by atoms with Crippen LogP contribution in [-0.4, -0.2) is 42.5 Å². The van der Waals surface area contributed by atoms with E-state index in [9.17, 15) is 9.18 Å². The number of amides is 1. The predicted molar refractivity (Wildman–Crippen MR) is 144 cm³/mol. The summed E-state index contributed by atoms with van der Waals surface area (Å²) in [6, 6.07) is 15.8. The average Bonchev–Trinajstić information content (AvgIpc) is 2.84. The van der Waals surface area contributed by atoms with Crippen LogP contribution in [0.4, 0.5) is 10.1 Å². The van der Waals surface area contributed by atoms with Crippen LogP contribution in [0.25, 0.3) is 0 Å². The molecule has 4 nitrogen and oxygen atoms in total. The minimum atomic E-state index is -0.383. The number of nitrogens with two attached hydrogens (primary N) is 1. The maximum absolute atomic E-state index is 13.1. The summed E-state index contributed by atoms with van der Waals surface area (Å²) in [6.07, 6.45) is 5.68. The minimum absolute atomic E-state index is 0.108. The molecule has 2 aromatic carbocycles. The molecule has 192 valence electrons. The second-order valence-electron chi connectivity index (χ2n) is 11.0. The highest BCUT2D eigenvalue weighted by Crippen LogP contribution is 2.26. The molecule has 2 aromatic rings. The first kappa shape index (κ1) is 27.2. The van der Waals surface area contributed by atoms with Crippen LogP contribution in [0.15, 0.2) is 48.5 Å². The van der Waals surface area contributed by atoms with Crippen LogP contribution < -0.4 is 10.6 Å². The van der Waals surface area contributed by atoms with Gasteiger partial charge in [-0.15, -0.1) is 0 Å². The number of carbonyl (C=O) groups is 1. The zero-order chi connectivity index (χ0) is 25.4. The molecule has 0 aromatic heterocycles. The fraction of sp³-hybridized carbons (Fsp3) is 0.567. The molecule has 0 aliphatic carbocycles. The number of benzene rings is 2.